The van der Waals surface area contributed by atoms with E-state index in [9.17, 15) is 19.7 Å². The lowest BCUT2D eigenvalue weighted by atomic mass is 10.0. The van der Waals surface area contributed by atoms with Gasteiger partial charge in [0.1, 0.15) is 5.69 Å². The molecule has 5 N–H and O–H groups in total. The third-order valence-electron chi connectivity index (χ3n) is 3.05. The van der Waals surface area contributed by atoms with Gasteiger partial charge < -0.3 is 21.7 Å². The number of fused-ring (bicyclic) bond motifs is 1. The monoisotopic (exact) mass is 293 g/mol. The van der Waals surface area contributed by atoms with Gasteiger partial charge in [0.15, 0.2) is 0 Å². The second-order valence-corrected chi connectivity index (χ2v) is 4.55. The van der Waals surface area contributed by atoms with Gasteiger partial charge in [-0.15, -0.1) is 0 Å². The molecule has 0 bridgehead atoms. The fraction of sp³-hybridized carbons (Fsp3) is 0.333. The van der Waals surface area contributed by atoms with E-state index in [1.807, 2.05) is 0 Å². The summed E-state index contributed by atoms with van der Waals surface area (Å²) in [6, 6.07) is 2.34. The lowest BCUT2D eigenvalue weighted by molar-refractivity contribution is -0.383. The minimum atomic E-state index is -0.653. The van der Waals surface area contributed by atoms with Crippen LogP contribution in [0, 0.1) is 10.1 Å². The van der Waals surface area contributed by atoms with Gasteiger partial charge in [-0.2, -0.15) is 0 Å². The van der Waals surface area contributed by atoms with Crippen LogP contribution in [-0.2, 0) is 11.2 Å². The number of carbonyl (C=O) groups is 2. The van der Waals surface area contributed by atoms with Gasteiger partial charge in [0.05, 0.1) is 10.6 Å². The Bertz CT molecular complexity index is 602. The molecule has 0 aliphatic carbocycles. The number of carbonyl (C=O) groups excluding carboxylic acids is 2. The number of aryl methyl sites for hydroxylation is 1. The molecule has 0 saturated heterocycles. The van der Waals surface area contributed by atoms with E-state index in [4.69, 9.17) is 5.73 Å². The summed E-state index contributed by atoms with van der Waals surface area (Å²) in [7, 11) is 0. The first-order chi connectivity index (χ1) is 9.97. The molecule has 1 aliphatic rings. The molecule has 21 heavy (non-hydrogen) atoms. The van der Waals surface area contributed by atoms with Crippen molar-refractivity contribution >= 4 is 29.0 Å². The average Bonchev–Trinajstić information content (AvgIpc) is 2.42. The molecule has 1 aromatic rings. The van der Waals surface area contributed by atoms with E-state index in [1.165, 1.54) is 6.07 Å². The zero-order valence-electron chi connectivity index (χ0n) is 11.1. The van der Waals surface area contributed by atoms with Crippen LogP contribution in [0.25, 0.3) is 0 Å². The van der Waals surface area contributed by atoms with Crippen LogP contribution < -0.4 is 21.7 Å². The smallest absolute Gasteiger partial charge is 0.312 e. The van der Waals surface area contributed by atoms with E-state index < -0.39 is 11.0 Å². The lowest BCUT2D eigenvalue weighted by Gasteiger charge is -2.18. The molecule has 0 radical (unpaired) electrons. The maximum atomic E-state index is 11.3. The summed E-state index contributed by atoms with van der Waals surface area (Å²) in [6.07, 6.45) is 0.890. The normalized spacial score (nSPS) is 13.0. The van der Waals surface area contributed by atoms with Crippen LogP contribution in [0.5, 0.6) is 0 Å². The Morgan fingerprint density at radius 2 is 2.14 bits per heavy atom. The highest BCUT2D eigenvalue weighted by molar-refractivity contribution is 5.95. The van der Waals surface area contributed by atoms with Gasteiger partial charge in [-0.3, -0.25) is 14.9 Å². The summed E-state index contributed by atoms with van der Waals surface area (Å²) in [5, 5.41) is 19.0. The summed E-state index contributed by atoms with van der Waals surface area (Å²) >= 11 is 0. The number of nitro benzene ring substituents is 1. The third kappa shape index (κ3) is 3.59. The summed E-state index contributed by atoms with van der Waals surface area (Å²) in [5.41, 5.74) is 6.46. The molecule has 112 valence electrons. The molecule has 2 rings (SSSR count). The topological polar surface area (TPSA) is 139 Å². The third-order valence-corrected chi connectivity index (χ3v) is 3.05. The molecular weight excluding hydrogens is 278 g/mol. The van der Waals surface area contributed by atoms with Crippen LogP contribution in [0.2, 0.25) is 0 Å². The number of benzene rings is 1. The van der Waals surface area contributed by atoms with E-state index in [2.05, 4.69) is 16.0 Å². The number of hydrogen-bond acceptors (Lipinski definition) is 5. The minimum absolute atomic E-state index is 0.130. The number of rotatable bonds is 5. The van der Waals surface area contributed by atoms with Crippen molar-refractivity contribution in [2.75, 3.05) is 23.7 Å². The van der Waals surface area contributed by atoms with Gasteiger partial charge in [0.2, 0.25) is 5.91 Å². The Morgan fingerprint density at radius 3 is 2.81 bits per heavy atom. The van der Waals surface area contributed by atoms with Crippen LogP contribution in [0.3, 0.4) is 0 Å². The van der Waals surface area contributed by atoms with Gasteiger partial charge in [0.25, 0.3) is 5.69 Å². The SMILES string of the molecule is NC(=O)NCCNc1cc2c(cc1[N+](=O)[O-])NC(=O)CC2. The van der Waals surface area contributed by atoms with Crippen molar-refractivity contribution in [3.05, 3.63) is 27.8 Å². The Balaban J connectivity index is 2.17. The summed E-state index contributed by atoms with van der Waals surface area (Å²) in [4.78, 5) is 32.4. The van der Waals surface area contributed by atoms with Crippen molar-refractivity contribution in [1.29, 1.82) is 0 Å². The fourth-order valence-corrected chi connectivity index (χ4v) is 2.09. The Labute approximate surface area is 120 Å². The van der Waals surface area contributed by atoms with Gasteiger partial charge in [0, 0.05) is 25.6 Å². The summed E-state index contributed by atoms with van der Waals surface area (Å²) < 4.78 is 0. The van der Waals surface area contributed by atoms with Crippen molar-refractivity contribution < 1.29 is 14.5 Å². The fourth-order valence-electron chi connectivity index (χ4n) is 2.09. The Kier molecular flexibility index (Phi) is 4.21. The molecule has 0 spiro atoms. The highest BCUT2D eigenvalue weighted by Crippen LogP contribution is 2.33. The highest BCUT2D eigenvalue weighted by Gasteiger charge is 2.22. The number of amides is 3. The molecule has 0 fully saturated rings. The number of hydrogen-bond donors (Lipinski definition) is 4. The standard InChI is InChI=1S/C12H15N5O4/c13-12(19)15-4-3-14-9-5-7-1-2-11(18)16-8(7)6-10(9)17(20)21/h5-6,14H,1-4H2,(H,16,18)(H3,13,15,19). The number of nitrogens with zero attached hydrogens (tertiary/aromatic N) is 1. The molecule has 9 nitrogen and oxygen atoms in total. The number of nitrogens with two attached hydrogens (primary N) is 1. The van der Waals surface area contributed by atoms with Crippen molar-refractivity contribution in [2.45, 2.75) is 12.8 Å². The molecule has 3 amide bonds. The van der Waals surface area contributed by atoms with Crippen molar-refractivity contribution in [2.24, 2.45) is 5.73 Å². The first-order valence-corrected chi connectivity index (χ1v) is 6.35. The summed E-state index contributed by atoms with van der Waals surface area (Å²) in [5.74, 6) is -0.150. The van der Waals surface area contributed by atoms with Crippen LogP contribution in [-0.4, -0.2) is 30.0 Å². The van der Waals surface area contributed by atoms with E-state index in [0.29, 0.717) is 30.8 Å². The first kappa shape index (κ1) is 14.6. The maximum absolute atomic E-state index is 11.3. The zero-order valence-corrected chi connectivity index (χ0v) is 11.1. The first-order valence-electron chi connectivity index (χ1n) is 6.35. The van der Waals surface area contributed by atoms with Crippen molar-refractivity contribution in [1.82, 2.24) is 5.32 Å². The predicted octanol–water partition coefficient (Wildman–Crippen LogP) is 0.560. The van der Waals surface area contributed by atoms with E-state index in [0.717, 1.165) is 5.56 Å². The molecule has 1 heterocycles. The number of anilines is 2. The summed E-state index contributed by atoms with van der Waals surface area (Å²) in [6.45, 7) is 0.551. The number of nitrogens with one attached hydrogen (secondary N) is 3. The minimum Gasteiger partial charge on any atom is -0.378 e. The average molecular weight is 293 g/mol. The highest BCUT2D eigenvalue weighted by atomic mass is 16.6. The van der Waals surface area contributed by atoms with Crippen LogP contribution in [0.4, 0.5) is 21.9 Å². The molecule has 1 aliphatic heterocycles. The molecule has 9 heteroatoms. The van der Waals surface area contributed by atoms with Gasteiger partial charge in [-0.1, -0.05) is 0 Å². The predicted molar refractivity (Wildman–Crippen MR) is 76.1 cm³/mol. The van der Waals surface area contributed by atoms with Crippen LogP contribution in [0.1, 0.15) is 12.0 Å². The number of nitro groups is 1. The van der Waals surface area contributed by atoms with Crippen molar-refractivity contribution in [3.63, 3.8) is 0 Å². The molecule has 1 aromatic carbocycles. The maximum Gasteiger partial charge on any atom is 0.312 e. The molecule has 0 unspecified atom stereocenters. The van der Waals surface area contributed by atoms with Crippen molar-refractivity contribution in [3.8, 4) is 0 Å². The number of primary amides is 1. The van der Waals surface area contributed by atoms with Gasteiger partial charge in [-0.05, 0) is 18.1 Å². The largest absolute Gasteiger partial charge is 0.378 e. The Morgan fingerprint density at radius 1 is 1.38 bits per heavy atom. The van der Waals surface area contributed by atoms with Gasteiger partial charge in [-0.25, -0.2) is 4.79 Å². The van der Waals surface area contributed by atoms with Gasteiger partial charge >= 0.3 is 6.03 Å². The second-order valence-electron chi connectivity index (χ2n) is 4.55. The van der Waals surface area contributed by atoms with E-state index in [1.54, 1.807) is 6.07 Å². The van der Waals surface area contributed by atoms with E-state index >= 15 is 0 Å². The molecular formula is C12H15N5O4. The second kappa shape index (κ2) is 6.07. The number of urea groups is 1. The molecule has 0 atom stereocenters. The van der Waals surface area contributed by atoms with Crippen LogP contribution >= 0.6 is 0 Å². The lowest BCUT2D eigenvalue weighted by Crippen LogP contribution is -2.33. The van der Waals surface area contributed by atoms with Crippen LogP contribution in [0.15, 0.2) is 12.1 Å². The Hall–Kier alpha value is -2.84. The molecule has 0 saturated carbocycles. The zero-order chi connectivity index (χ0) is 15.4. The van der Waals surface area contributed by atoms with E-state index in [-0.39, 0.29) is 18.1 Å². The quantitative estimate of drug-likeness (QED) is 0.357. The molecule has 0 aromatic heterocycles.